The fourth-order valence-corrected chi connectivity index (χ4v) is 4.39. The molecule has 0 aromatic heterocycles. The zero-order valence-corrected chi connectivity index (χ0v) is 18.9. The van der Waals surface area contributed by atoms with E-state index in [0.29, 0.717) is 61.9 Å². The molecule has 2 unspecified atom stereocenters. The van der Waals surface area contributed by atoms with E-state index in [1.165, 1.54) is 6.08 Å². The molecule has 6 nitrogen and oxygen atoms in total. The van der Waals surface area contributed by atoms with E-state index in [4.69, 9.17) is 23.2 Å². The SMILES string of the molecule is O=C1CCN(C(=O)/C=C/c2ccc(Cl)c(Cl)c2)CCC1CCC(=O)N1CCCC(O)C1. The van der Waals surface area contributed by atoms with Crippen LogP contribution in [0.2, 0.25) is 10.0 Å². The highest BCUT2D eigenvalue weighted by atomic mass is 35.5. The monoisotopic (exact) mass is 466 g/mol. The molecule has 2 atom stereocenters. The van der Waals surface area contributed by atoms with Crippen LogP contribution < -0.4 is 0 Å². The predicted molar refractivity (Wildman–Crippen MR) is 121 cm³/mol. The number of rotatable bonds is 5. The second-order valence-corrected chi connectivity index (χ2v) is 9.02. The zero-order valence-electron chi connectivity index (χ0n) is 17.4. The molecule has 2 fully saturated rings. The largest absolute Gasteiger partial charge is 0.391 e. The number of carbonyl (C=O) groups is 3. The Morgan fingerprint density at radius 3 is 2.65 bits per heavy atom. The van der Waals surface area contributed by atoms with Crippen molar-refractivity contribution in [2.24, 2.45) is 5.92 Å². The van der Waals surface area contributed by atoms with Gasteiger partial charge in [-0.3, -0.25) is 14.4 Å². The van der Waals surface area contributed by atoms with Gasteiger partial charge < -0.3 is 14.9 Å². The van der Waals surface area contributed by atoms with Crippen molar-refractivity contribution in [2.45, 2.75) is 44.6 Å². The normalized spacial score (nSPS) is 22.6. The summed E-state index contributed by atoms with van der Waals surface area (Å²) in [5, 5.41) is 10.6. The van der Waals surface area contributed by atoms with Gasteiger partial charge in [0.2, 0.25) is 11.8 Å². The van der Waals surface area contributed by atoms with E-state index in [-0.39, 0.29) is 23.5 Å². The summed E-state index contributed by atoms with van der Waals surface area (Å²) in [5.74, 6) is -0.267. The number of nitrogens with zero attached hydrogens (tertiary/aromatic N) is 2. The van der Waals surface area contributed by atoms with E-state index in [1.807, 2.05) is 0 Å². The summed E-state index contributed by atoms with van der Waals surface area (Å²) in [4.78, 5) is 40.9. The van der Waals surface area contributed by atoms with Crippen LogP contribution >= 0.6 is 23.2 Å². The van der Waals surface area contributed by atoms with E-state index < -0.39 is 6.10 Å². The maximum absolute atomic E-state index is 12.6. The van der Waals surface area contributed by atoms with Crippen molar-refractivity contribution in [1.29, 1.82) is 0 Å². The summed E-state index contributed by atoms with van der Waals surface area (Å²) >= 11 is 11.9. The van der Waals surface area contributed by atoms with Gasteiger partial charge in [-0.1, -0.05) is 29.3 Å². The number of hydrogen-bond donors (Lipinski definition) is 1. The lowest BCUT2D eigenvalue weighted by atomic mass is 9.93. The molecule has 2 amide bonds. The molecular formula is C23H28Cl2N2O4. The topological polar surface area (TPSA) is 77.9 Å². The molecule has 3 rings (SSSR count). The first-order valence-electron chi connectivity index (χ1n) is 10.7. The van der Waals surface area contributed by atoms with Crippen molar-refractivity contribution in [3.8, 4) is 0 Å². The third-order valence-corrected chi connectivity index (χ3v) is 6.70. The summed E-state index contributed by atoms with van der Waals surface area (Å²) in [5.41, 5.74) is 0.771. The van der Waals surface area contributed by atoms with Gasteiger partial charge in [-0.05, 0) is 49.5 Å². The molecule has 0 spiro atoms. The molecule has 0 aliphatic carbocycles. The first-order chi connectivity index (χ1) is 14.8. The Morgan fingerprint density at radius 1 is 1.10 bits per heavy atom. The summed E-state index contributed by atoms with van der Waals surface area (Å²) in [6.07, 6.45) is 5.90. The van der Waals surface area contributed by atoms with Crippen LogP contribution in [-0.4, -0.2) is 64.8 Å². The number of aliphatic hydroxyl groups is 1. The van der Waals surface area contributed by atoms with E-state index in [2.05, 4.69) is 0 Å². The van der Waals surface area contributed by atoms with Gasteiger partial charge in [0, 0.05) is 51.0 Å². The van der Waals surface area contributed by atoms with Gasteiger partial charge in [0.1, 0.15) is 5.78 Å². The van der Waals surface area contributed by atoms with Crippen molar-refractivity contribution in [2.75, 3.05) is 26.2 Å². The van der Waals surface area contributed by atoms with E-state index >= 15 is 0 Å². The molecule has 8 heteroatoms. The van der Waals surface area contributed by atoms with Gasteiger partial charge in [0.05, 0.1) is 16.1 Å². The summed E-state index contributed by atoms with van der Waals surface area (Å²) < 4.78 is 0. The van der Waals surface area contributed by atoms with Crippen LogP contribution in [0.5, 0.6) is 0 Å². The van der Waals surface area contributed by atoms with Crippen LogP contribution in [0.1, 0.15) is 44.1 Å². The van der Waals surface area contributed by atoms with Gasteiger partial charge in [-0.15, -0.1) is 0 Å². The van der Waals surface area contributed by atoms with Gasteiger partial charge >= 0.3 is 0 Å². The number of piperidine rings is 1. The predicted octanol–water partition coefficient (Wildman–Crippen LogP) is 3.58. The minimum atomic E-state index is -0.450. The number of aliphatic hydroxyl groups excluding tert-OH is 1. The minimum Gasteiger partial charge on any atom is -0.391 e. The Hall–Kier alpha value is -1.89. The van der Waals surface area contributed by atoms with E-state index in [1.54, 1.807) is 34.1 Å². The second kappa shape index (κ2) is 11.1. The highest BCUT2D eigenvalue weighted by molar-refractivity contribution is 6.42. The molecule has 1 aromatic rings. The average Bonchev–Trinajstić information content (AvgIpc) is 2.94. The number of halogens is 2. The third kappa shape index (κ3) is 6.79. The van der Waals surface area contributed by atoms with E-state index in [9.17, 15) is 19.5 Å². The molecule has 2 heterocycles. The Bertz CT molecular complexity index is 858. The highest BCUT2D eigenvalue weighted by Crippen LogP contribution is 2.24. The lowest BCUT2D eigenvalue weighted by Crippen LogP contribution is -2.42. The maximum atomic E-state index is 12.6. The molecule has 31 heavy (non-hydrogen) atoms. The van der Waals surface area contributed by atoms with Crippen LogP contribution in [0.25, 0.3) is 6.08 Å². The summed E-state index contributed by atoms with van der Waals surface area (Å²) in [6.45, 7) is 1.91. The van der Waals surface area contributed by atoms with E-state index in [0.717, 1.165) is 18.4 Å². The minimum absolute atomic E-state index is 0.00621. The number of carbonyl (C=O) groups excluding carboxylic acids is 3. The molecular weight excluding hydrogens is 439 g/mol. The smallest absolute Gasteiger partial charge is 0.246 e. The molecule has 0 bridgehead atoms. The molecule has 0 saturated carbocycles. The maximum Gasteiger partial charge on any atom is 0.246 e. The van der Waals surface area contributed by atoms with Crippen LogP contribution in [0.15, 0.2) is 24.3 Å². The average molecular weight is 467 g/mol. The molecule has 2 saturated heterocycles. The Labute approximate surface area is 192 Å². The van der Waals surface area contributed by atoms with Crippen LogP contribution in [0.3, 0.4) is 0 Å². The Morgan fingerprint density at radius 2 is 1.90 bits per heavy atom. The molecule has 1 N–H and O–H groups in total. The summed E-state index contributed by atoms with van der Waals surface area (Å²) in [6, 6.07) is 5.14. The standard InChI is InChI=1S/C23H28Cl2N2O4/c24-19-6-3-16(14-20(19)25)4-7-22(30)26-12-9-17(21(29)10-13-26)5-8-23(31)27-11-1-2-18(28)15-27/h3-4,6-7,14,17-18,28H,1-2,5,8-13,15H2/b7-4+. The Balaban J connectivity index is 1.50. The van der Waals surface area contributed by atoms with Crippen molar-refractivity contribution >= 4 is 46.9 Å². The van der Waals surface area contributed by atoms with Gasteiger partial charge in [0.25, 0.3) is 0 Å². The number of Topliss-reactive ketones (excluding diaryl/α,β-unsaturated/α-hetero) is 1. The molecule has 1 aromatic carbocycles. The number of benzene rings is 1. The number of likely N-dealkylation sites (tertiary alicyclic amines) is 2. The summed E-state index contributed by atoms with van der Waals surface area (Å²) in [7, 11) is 0. The molecule has 0 radical (unpaired) electrons. The third-order valence-electron chi connectivity index (χ3n) is 5.96. The highest BCUT2D eigenvalue weighted by Gasteiger charge is 2.28. The zero-order chi connectivity index (χ0) is 22.4. The number of amides is 2. The lowest BCUT2D eigenvalue weighted by molar-refractivity contribution is -0.134. The van der Waals surface area contributed by atoms with Gasteiger partial charge in [-0.25, -0.2) is 0 Å². The second-order valence-electron chi connectivity index (χ2n) is 8.21. The van der Waals surface area contributed by atoms with Crippen molar-refractivity contribution < 1.29 is 19.5 Å². The lowest BCUT2D eigenvalue weighted by Gasteiger charge is -2.30. The number of β-amino-alcohol motifs (C(OH)–C–C–N with tert-alkyl or cyclic N) is 1. The van der Waals surface area contributed by atoms with Crippen LogP contribution in [-0.2, 0) is 14.4 Å². The van der Waals surface area contributed by atoms with Crippen LogP contribution in [0, 0.1) is 5.92 Å². The number of ketones is 1. The van der Waals surface area contributed by atoms with Gasteiger partial charge in [0.15, 0.2) is 0 Å². The van der Waals surface area contributed by atoms with Crippen molar-refractivity contribution in [3.63, 3.8) is 0 Å². The first-order valence-corrected chi connectivity index (χ1v) is 11.5. The first kappa shape index (κ1) is 23.8. The molecule has 2 aliphatic heterocycles. The van der Waals surface area contributed by atoms with Crippen molar-refractivity contribution in [1.82, 2.24) is 9.80 Å². The fourth-order valence-electron chi connectivity index (χ4n) is 4.09. The van der Waals surface area contributed by atoms with Crippen LogP contribution in [0.4, 0.5) is 0 Å². The quantitative estimate of drug-likeness (QED) is 0.672. The number of hydrogen-bond acceptors (Lipinski definition) is 4. The Kier molecular flexibility index (Phi) is 8.52. The van der Waals surface area contributed by atoms with Crippen molar-refractivity contribution in [3.05, 3.63) is 39.9 Å². The van der Waals surface area contributed by atoms with Gasteiger partial charge in [-0.2, -0.15) is 0 Å². The fraction of sp³-hybridized carbons (Fsp3) is 0.522. The molecule has 168 valence electrons. The molecule has 2 aliphatic rings.